The summed E-state index contributed by atoms with van der Waals surface area (Å²) in [5.41, 5.74) is 0. The number of aldehydes is 1. The number of aliphatic hydroxyl groups excluding tert-OH is 7. The Balaban J connectivity index is 4.11. The second kappa shape index (κ2) is 17.3. The average Bonchev–Trinajstić information content (AvgIpc) is 2.59. The van der Waals surface area contributed by atoms with Crippen molar-refractivity contribution < 1.29 is 40.5 Å². The lowest BCUT2D eigenvalue weighted by atomic mass is 9.96. The highest BCUT2D eigenvalue weighted by molar-refractivity contribution is 5.65. The van der Waals surface area contributed by atoms with Crippen LogP contribution >= 0.6 is 0 Å². The molecule has 174 valence electrons. The second-order valence-electron chi connectivity index (χ2n) is 7.76. The molecule has 0 bridgehead atoms. The van der Waals surface area contributed by atoms with Crippen LogP contribution in [-0.2, 0) is 4.79 Å². The van der Waals surface area contributed by atoms with Gasteiger partial charge in [0.1, 0.15) is 6.29 Å². The minimum atomic E-state index is -1.01. The van der Waals surface area contributed by atoms with Crippen LogP contribution in [0.5, 0.6) is 0 Å². The van der Waals surface area contributed by atoms with Crippen LogP contribution in [0.1, 0.15) is 51.9 Å². The summed E-state index contributed by atoms with van der Waals surface area (Å²) in [6.45, 7) is 1.53. The number of allylic oxidation sites excluding steroid dienone is 5. The average molecular weight is 431 g/mol. The van der Waals surface area contributed by atoms with Crippen LogP contribution in [0, 0.1) is 0 Å². The molecule has 0 spiro atoms. The van der Waals surface area contributed by atoms with Crippen molar-refractivity contribution in [3.05, 3.63) is 36.5 Å². The van der Waals surface area contributed by atoms with Crippen LogP contribution in [-0.4, -0.2) is 84.8 Å². The van der Waals surface area contributed by atoms with Crippen LogP contribution in [0.25, 0.3) is 0 Å². The van der Waals surface area contributed by atoms with Crippen LogP contribution < -0.4 is 0 Å². The zero-order valence-electron chi connectivity index (χ0n) is 17.6. The highest BCUT2D eigenvalue weighted by Gasteiger charge is 2.21. The quantitative estimate of drug-likeness (QED) is 0.0974. The summed E-state index contributed by atoms with van der Waals surface area (Å²) in [5, 5.41) is 68.7. The normalized spacial score (nSPS) is 19.7. The van der Waals surface area contributed by atoms with E-state index < -0.39 is 42.7 Å². The van der Waals surface area contributed by atoms with E-state index in [4.69, 9.17) is 0 Å². The molecule has 0 aromatic heterocycles. The highest BCUT2D eigenvalue weighted by atomic mass is 16.3. The molecule has 7 unspecified atom stereocenters. The molecule has 0 fully saturated rings. The Kier molecular flexibility index (Phi) is 16.5. The molecule has 0 aromatic rings. The molecule has 8 heteroatoms. The highest BCUT2D eigenvalue weighted by Crippen LogP contribution is 2.16. The number of rotatable bonds is 17. The summed E-state index contributed by atoms with van der Waals surface area (Å²) >= 11 is 0. The van der Waals surface area contributed by atoms with Gasteiger partial charge in [0, 0.05) is 0 Å². The maximum atomic E-state index is 10.1. The second-order valence-corrected chi connectivity index (χ2v) is 7.76. The summed E-state index contributed by atoms with van der Waals surface area (Å²) < 4.78 is 0. The van der Waals surface area contributed by atoms with E-state index >= 15 is 0 Å². The molecule has 0 aliphatic carbocycles. The van der Waals surface area contributed by atoms with Gasteiger partial charge in [0.05, 0.1) is 42.7 Å². The standard InChI is InChI=1S/C22H38O8/c1-16(24)10-18(26)12-20(28)14-22(30)15-21(29)13-19(27)11-17(25)8-6-4-2-3-5-7-9-23/h2-7,9,16-22,24-30H,8,10-15H2,1H3. The maximum absolute atomic E-state index is 10.1. The van der Waals surface area contributed by atoms with Gasteiger partial charge in [-0.2, -0.15) is 0 Å². The first-order valence-corrected chi connectivity index (χ1v) is 10.3. The van der Waals surface area contributed by atoms with Crippen molar-refractivity contribution in [1.29, 1.82) is 0 Å². The lowest BCUT2D eigenvalue weighted by Gasteiger charge is -2.22. The Morgan fingerprint density at radius 1 is 0.533 bits per heavy atom. The van der Waals surface area contributed by atoms with E-state index in [0.29, 0.717) is 12.7 Å². The predicted molar refractivity (Wildman–Crippen MR) is 114 cm³/mol. The molecule has 7 atom stereocenters. The molecule has 0 amide bonds. The van der Waals surface area contributed by atoms with E-state index in [1.807, 2.05) is 0 Å². The van der Waals surface area contributed by atoms with Gasteiger partial charge < -0.3 is 35.7 Å². The molecular formula is C22H38O8. The first-order chi connectivity index (χ1) is 14.1. The summed E-state index contributed by atoms with van der Waals surface area (Å²) in [6, 6.07) is 0. The molecule has 7 N–H and O–H groups in total. The Morgan fingerprint density at radius 2 is 0.900 bits per heavy atom. The zero-order chi connectivity index (χ0) is 22.9. The van der Waals surface area contributed by atoms with Gasteiger partial charge in [0.15, 0.2) is 0 Å². The van der Waals surface area contributed by atoms with Crippen molar-refractivity contribution in [2.24, 2.45) is 0 Å². The zero-order valence-corrected chi connectivity index (χ0v) is 17.6. The predicted octanol–water partition coefficient (Wildman–Crippen LogP) is 0.131. The summed E-state index contributed by atoms with van der Waals surface area (Å²) in [5.74, 6) is 0. The van der Waals surface area contributed by atoms with Gasteiger partial charge in [-0.25, -0.2) is 0 Å². The molecule has 8 nitrogen and oxygen atoms in total. The van der Waals surface area contributed by atoms with Crippen LogP contribution in [0.4, 0.5) is 0 Å². The third kappa shape index (κ3) is 17.5. The van der Waals surface area contributed by atoms with Gasteiger partial charge in [0.25, 0.3) is 0 Å². The Labute approximate surface area is 178 Å². The van der Waals surface area contributed by atoms with Crippen LogP contribution in [0.3, 0.4) is 0 Å². The lowest BCUT2D eigenvalue weighted by molar-refractivity contribution is -0.104. The monoisotopic (exact) mass is 430 g/mol. The smallest absolute Gasteiger partial charge is 0.142 e. The fourth-order valence-electron chi connectivity index (χ4n) is 3.09. The summed E-state index contributed by atoms with van der Waals surface area (Å²) in [4.78, 5) is 10.1. The van der Waals surface area contributed by atoms with E-state index in [2.05, 4.69) is 0 Å². The number of hydrogen-bond acceptors (Lipinski definition) is 8. The van der Waals surface area contributed by atoms with Gasteiger partial charge in [-0.15, -0.1) is 0 Å². The molecule has 0 radical (unpaired) electrons. The van der Waals surface area contributed by atoms with Crippen molar-refractivity contribution in [2.45, 2.75) is 94.6 Å². The third-order valence-corrected chi connectivity index (χ3v) is 4.40. The number of hydrogen-bond donors (Lipinski definition) is 7. The van der Waals surface area contributed by atoms with E-state index in [0.717, 1.165) is 0 Å². The van der Waals surface area contributed by atoms with Crippen molar-refractivity contribution >= 4 is 6.29 Å². The largest absolute Gasteiger partial charge is 0.393 e. The van der Waals surface area contributed by atoms with Crippen molar-refractivity contribution in [3.8, 4) is 0 Å². The van der Waals surface area contributed by atoms with Gasteiger partial charge in [0.2, 0.25) is 0 Å². The number of carbonyl (C=O) groups is 1. The fraction of sp³-hybridized carbons (Fsp3) is 0.682. The van der Waals surface area contributed by atoms with Gasteiger partial charge >= 0.3 is 0 Å². The Morgan fingerprint density at radius 3 is 1.33 bits per heavy atom. The summed E-state index contributed by atoms with van der Waals surface area (Å²) in [6.07, 6.45) is 4.54. The Hall–Kier alpha value is -1.39. The maximum Gasteiger partial charge on any atom is 0.142 e. The van der Waals surface area contributed by atoms with Crippen molar-refractivity contribution in [2.75, 3.05) is 0 Å². The minimum absolute atomic E-state index is 0.0168. The molecule has 0 aliphatic rings. The SMILES string of the molecule is CC(O)CC(O)CC(O)CC(O)CC(O)CC(O)CC(O)CC=CC=CC=CC=O. The molecular weight excluding hydrogens is 392 g/mol. The Bertz CT molecular complexity index is 517. The van der Waals surface area contributed by atoms with Crippen LogP contribution in [0.15, 0.2) is 36.5 Å². The molecule has 0 saturated heterocycles. The molecule has 0 rings (SSSR count). The number of aliphatic hydroxyl groups is 7. The van der Waals surface area contributed by atoms with Crippen LogP contribution in [0.2, 0.25) is 0 Å². The van der Waals surface area contributed by atoms with E-state index in [1.165, 1.54) is 13.0 Å². The fourth-order valence-corrected chi connectivity index (χ4v) is 3.09. The molecule has 0 aliphatic heterocycles. The summed E-state index contributed by atoms with van der Waals surface area (Å²) in [7, 11) is 0. The van der Waals surface area contributed by atoms with Gasteiger partial charge in [-0.3, -0.25) is 4.79 Å². The minimum Gasteiger partial charge on any atom is -0.393 e. The molecule has 0 saturated carbocycles. The topological polar surface area (TPSA) is 159 Å². The van der Waals surface area contributed by atoms with E-state index in [9.17, 15) is 40.5 Å². The van der Waals surface area contributed by atoms with Crippen molar-refractivity contribution in [3.63, 3.8) is 0 Å². The first-order valence-electron chi connectivity index (χ1n) is 10.3. The van der Waals surface area contributed by atoms with Gasteiger partial charge in [-0.05, 0) is 57.9 Å². The van der Waals surface area contributed by atoms with Gasteiger partial charge in [-0.1, -0.05) is 30.4 Å². The number of carbonyl (C=O) groups excluding carboxylic acids is 1. The van der Waals surface area contributed by atoms with E-state index in [-0.39, 0.29) is 38.5 Å². The van der Waals surface area contributed by atoms with Crippen molar-refractivity contribution in [1.82, 2.24) is 0 Å². The third-order valence-electron chi connectivity index (χ3n) is 4.40. The molecule has 0 aromatic carbocycles. The molecule has 30 heavy (non-hydrogen) atoms. The molecule has 0 heterocycles. The first kappa shape index (κ1) is 28.6. The van der Waals surface area contributed by atoms with E-state index in [1.54, 1.807) is 30.4 Å². The lowest BCUT2D eigenvalue weighted by Crippen LogP contribution is -2.29.